The van der Waals surface area contributed by atoms with E-state index in [1.807, 2.05) is 0 Å². The van der Waals surface area contributed by atoms with Crippen LogP contribution >= 0.6 is 0 Å². The van der Waals surface area contributed by atoms with Crippen LogP contribution in [0.1, 0.15) is 5.69 Å². The Morgan fingerprint density at radius 2 is 1.64 bits per heavy atom. The van der Waals surface area contributed by atoms with Gasteiger partial charge in [-0.1, -0.05) is 0 Å². The summed E-state index contributed by atoms with van der Waals surface area (Å²) < 4.78 is 22.6. The van der Waals surface area contributed by atoms with Gasteiger partial charge in [-0.2, -0.15) is 0 Å². The average Bonchev–Trinajstić information content (AvgIpc) is 2.54. The van der Waals surface area contributed by atoms with E-state index in [1.54, 1.807) is 12.1 Å². The second kappa shape index (κ2) is 6.82. The van der Waals surface area contributed by atoms with Crippen molar-refractivity contribution in [2.45, 2.75) is 11.4 Å². The quantitative estimate of drug-likeness (QED) is 0.639. The summed E-state index contributed by atoms with van der Waals surface area (Å²) in [7, 11) is -3.68. The number of anilines is 1. The number of primary sulfonamides is 1. The number of nitrogens with zero attached hydrogens (tertiary/aromatic N) is 2. The van der Waals surface area contributed by atoms with Gasteiger partial charge in [-0.3, -0.25) is 14.7 Å². The fourth-order valence-corrected chi connectivity index (χ4v) is 3.37. The minimum Gasteiger partial charge on any atom is -0.369 e. The number of aromatic nitrogens is 2. The molecular formula is C15H19N5O4S. The van der Waals surface area contributed by atoms with Gasteiger partial charge >= 0.3 is 5.69 Å². The number of nitrogens with two attached hydrogens (primary N) is 1. The maximum absolute atomic E-state index is 11.3. The Hall–Kier alpha value is -2.43. The predicted molar refractivity (Wildman–Crippen MR) is 93.0 cm³/mol. The van der Waals surface area contributed by atoms with Crippen molar-refractivity contribution in [3.05, 3.63) is 56.9 Å². The molecule has 1 fully saturated rings. The maximum atomic E-state index is 11.3. The van der Waals surface area contributed by atoms with Crippen LogP contribution in [-0.4, -0.2) is 49.5 Å². The molecule has 9 nitrogen and oxygen atoms in total. The van der Waals surface area contributed by atoms with Crippen LogP contribution in [0.3, 0.4) is 0 Å². The van der Waals surface area contributed by atoms with Crippen molar-refractivity contribution in [1.82, 2.24) is 14.9 Å². The maximum Gasteiger partial charge on any atom is 0.325 e. The molecular weight excluding hydrogens is 346 g/mol. The third-order valence-electron chi connectivity index (χ3n) is 4.11. The second-order valence-electron chi connectivity index (χ2n) is 5.92. The van der Waals surface area contributed by atoms with Gasteiger partial charge in [-0.25, -0.2) is 18.4 Å². The number of aromatic amines is 2. The van der Waals surface area contributed by atoms with Crippen molar-refractivity contribution in [2.75, 3.05) is 31.1 Å². The van der Waals surface area contributed by atoms with Crippen LogP contribution < -0.4 is 21.3 Å². The standard InChI is InChI=1S/C15H19N5O4S/c16-25(23,24)13-3-1-12(2-4-13)20-7-5-19(6-8-20)10-11-9-14(21)18-15(22)17-11/h1-4,9H,5-8,10H2,(H2,16,23,24)(H2,17,18,21,22). The molecule has 0 aliphatic carbocycles. The SMILES string of the molecule is NS(=O)(=O)c1ccc(N2CCN(Cc3cc(=O)[nH]c(=O)[nH]3)CC2)cc1. The Morgan fingerprint density at radius 1 is 1.00 bits per heavy atom. The highest BCUT2D eigenvalue weighted by Gasteiger charge is 2.18. The molecule has 0 amide bonds. The van der Waals surface area contributed by atoms with Gasteiger partial charge in [0.25, 0.3) is 5.56 Å². The fourth-order valence-electron chi connectivity index (χ4n) is 2.86. The monoisotopic (exact) mass is 365 g/mol. The van der Waals surface area contributed by atoms with E-state index in [4.69, 9.17) is 5.14 Å². The highest BCUT2D eigenvalue weighted by molar-refractivity contribution is 7.89. The number of piperazine rings is 1. The van der Waals surface area contributed by atoms with Gasteiger partial charge in [0.1, 0.15) is 0 Å². The minimum absolute atomic E-state index is 0.0909. The number of sulfonamides is 1. The van der Waals surface area contributed by atoms with Crippen LogP contribution in [0.15, 0.2) is 44.8 Å². The van der Waals surface area contributed by atoms with Gasteiger partial charge in [0.15, 0.2) is 0 Å². The lowest BCUT2D eigenvalue weighted by Gasteiger charge is -2.36. The summed E-state index contributed by atoms with van der Waals surface area (Å²) in [5, 5.41) is 5.10. The summed E-state index contributed by atoms with van der Waals surface area (Å²) in [5.74, 6) is 0. The molecule has 25 heavy (non-hydrogen) atoms. The summed E-state index contributed by atoms with van der Waals surface area (Å²) in [6.45, 7) is 3.51. The van der Waals surface area contributed by atoms with Gasteiger partial charge in [0, 0.05) is 50.2 Å². The topological polar surface area (TPSA) is 132 Å². The third kappa shape index (κ3) is 4.35. The Labute approximate surface area is 144 Å². The molecule has 134 valence electrons. The average molecular weight is 365 g/mol. The molecule has 0 atom stereocenters. The van der Waals surface area contributed by atoms with Crippen molar-refractivity contribution in [3.8, 4) is 0 Å². The van der Waals surface area contributed by atoms with Gasteiger partial charge in [0.2, 0.25) is 10.0 Å². The summed E-state index contributed by atoms with van der Waals surface area (Å²) >= 11 is 0. The summed E-state index contributed by atoms with van der Waals surface area (Å²) in [5.41, 5.74) is 0.597. The van der Waals surface area contributed by atoms with Crippen LogP contribution in [0.2, 0.25) is 0 Å². The molecule has 10 heteroatoms. The number of H-pyrrole nitrogens is 2. The molecule has 0 saturated carbocycles. The lowest BCUT2D eigenvalue weighted by atomic mass is 10.2. The van der Waals surface area contributed by atoms with Crippen molar-refractivity contribution < 1.29 is 8.42 Å². The number of hydrogen-bond acceptors (Lipinski definition) is 6. The Balaban J connectivity index is 1.62. The molecule has 2 aromatic rings. The van der Waals surface area contributed by atoms with E-state index in [1.165, 1.54) is 18.2 Å². The summed E-state index contributed by atoms with van der Waals surface area (Å²) in [4.78, 5) is 31.8. The van der Waals surface area contributed by atoms with E-state index in [0.29, 0.717) is 12.2 Å². The molecule has 0 bridgehead atoms. The van der Waals surface area contributed by atoms with E-state index in [-0.39, 0.29) is 4.90 Å². The molecule has 1 aliphatic rings. The molecule has 2 heterocycles. The Kier molecular flexibility index (Phi) is 4.75. The second-order valence-corrected chi connectivity index (χ2v) is 7.48. The highest BCUT2D eigenvalue weighted by Crippen LogP contribution is 2.19. The first-order valence-electron chi connectivity index (χ1n) is 7.74. The lowest BCUT2D eigenvalue weighted by Crippen LogP contribution is -2.46. The van der Waals surface area contributed by atoms with Gasteiger partial charge in [0.05, 0.1) is 4.90 Å². The molecule has 0 unspecified atom stereocenters. The molecule has 1 aromatic carbocycles. The third-order valence-corrected chi connectivity index (χ3v) is 5.04. The van der Waals surface area contributed by atoms with Crippen LogP contribution in [-0.2, 0) is 16.6 Å². The normalized spacial score (nSPS) is 16.1. The van der Waals surface area contributed by atoms with Crippen LogP contribution in [0.5, 0.6) is 0 Å². The predicted octanol–water partition coefficient (Wildman–Crippen LogP) is -0.967. The van der Waals surface area contributed by atoms with Crippen molar-refractivity contribution in [2.24, 2.45) is 5.14 Å². The van der Waals surface area contributed by atoms with Crippen molar-refractivity contribution in [3.63, 3.8) is 0 Å². The minimum atomic E-state index is -3.68. The number of benzene rings is 1. The largest absolute Gasteiger partial charge is 0.369 e. The molecule has 1 aromatic heterocycles. The summed E-state index contributed by atoms with van der Waals surface area (Å²) in [6, 6.07) is 7.86. The Bertz CT molecular complexity index is 928. The lowest BCUT2D eigenvalue weighted by molar-refractivity contribution is 0.246. The zero-order valence-corrected chi connectivity index (χ0v) is 14.3. The van der Waals surface area contributed by atoms with Crippen molar-refractivity contribution in [1.29, 1.82) is 0 Å². The molecule has 4 N–H and O–H groups in total. The molecule has 3 rings (SSSR count). The zero-order chi connectivity index (χ0) is 18.0. The number of rotatable bonds is 4. The highest BCUT2D eigenvalue weighted by atomic mass is 32.2. The molecule has 1 aliphatic heterocycles. The van der Waals surface area contributed by atoms with Gasteiger partial charge in [-0.05, 0) is 24.3 Å². The first kappa shape index (κ1) is 17.4. The number of hydrogen-bond donors (Lipinski definition) is 3. The van der Waals surface area contributed by atoms with Crippen LogP contribution in [0.25, 0.3) is 0 Å². The van der Waals surface area contributed by atoms with E-state index in [9.17, 15) is 18.0 Å². The van der Waals surface area contributed by atoms with E-state index >= 15 is 0 Å². The first-order valence-corrected chi connectivity index (χ1v) is 9.28. The van der Waals surface area contributed by atoms with E-state index in [0.717, 1.165) is 31.9 Å². The fraction of sp³-hybridized carbons (Fsp3) is 0.333. The zero-order valence-electron chi connectivity index (χ0n) is 13.4. The van der Waals surface area contributed by atoms with E-state index < -0.39 is 21.3 Å². The van der Waals surface area contributed by atoms with Gasteiger partial charge in [-0.15, -0.1) is 0 Å². The van der Waals surface area contributed by atoms with Crippen LogP contribution in [0.4, 0.5) is 5.69 Å². The van der Waals surface area contributed by atoms with Crippen LogP contribution in [0, 0.1) is 0 Å². The summed E-state index contributed by atoms with van der Waals surface area (Å²) in [6.07, 6.45) is 0. The smallest absolute Gasteiger partial charge is 0.325 e. The van der Waals surface area contributed by atoms with Gasteiger partial charge < -0.3 is 9.88 Å². The molecule has 1 saturated heterocycles. The van der Waals surface area contributed by atoms with E-state index in [2.05, 4.69) is 19.8 Å². The molecule has 0 radical (unpaired) electrons. The van der Waals surface area contributed by atoms with Crippen molar-refractivity contribution >= 4 is 15.7 Å². The number of nitrogens with one attached hydrogen (secondary N) is 2. The molecule has 0 spiro atoms. The first-order chi connectivity index (χ1) is 11.8. The Morgan fingerprint density at radius 3 is 2.20 bits per heavy atom.